The Kier molecular flexibility index (Phi) is 4.90. The van der Waals surface area contributed by atoms with Crippen molar-refractivity contribution in [2.45, 2.75) is 19.4 Å². The van der Waals surface area contributed by atoms with E-state index in [1.807, 2.05) is 0 Å². The van der Waals surface area contributed by atoms with Crippen molar-refractivity contribution in [3.8, 4) is 0 Å². The largest absolute Gasteiger partial charge is 0.469 e. The van der Waals surface area contributed by atoms with Gasteiger partial charge in [-0.05, 0) is 12.5 Å². The molecule has 0 radical (unpaired) electrons. The second-order valence-electron chi connectivity index (χ2n) is 2.24. The molecule has 64 valence electrons. The van der Waals surface area contributed by atoms with Gasteiger partial charge in [0, 0.05) is 11.6 Å². The van der Waals surface area contributed by atoms with Gasteiger partial charge >= 0.3 is 5.97 Å². The maximum atomic E-state index is 10.7. The van der Waals surface area contributed by atoms with Crippen molar-refractivity contribution in [3.05, 3.63) is 11.1 Å². The quantitative estimate of drug-likeness (QED) is 0.655. The molecule has 4 heteroatoms. The third-order valence-electron chi connectivity index (χ3n) is 1.37. The summed E-state index contributed by atoms with van der Waals surface area (Å²) in [6, 6.07) is -0.333. The molecular formula is C7H12ClNO2. The van der Waals surface area contributed by atoms with Gasteiger partial charge in [-0.25, -0.2) is 0 Å². The van der Waals surface area contributed by atoms with E-state index in [9.17, 15) is 4.79 Å². The lowest BCUT2D eigenvalue weighted by Crippen LogP contribution is -2.25. The lowest BCUT2D eigenvalue weighted by atomic mass is 10.1. The Morgan fingerprint density at radius 2 is 2.36 bits per heavy atom. The maximum absolute atomic E-state index is 10.7. The summed E-state index contributed by atoms with van der Waals surface area (Å²) in [6.07, 6.45) is 0.172. The SMILES string of the molecule is COC(=O)C[C@@H](N)/C(C)=C\Cl. The van der Waals surface area contributed by atoms with E-state index in [1.165, 1.54) is 12.6 Å². The molecule has 3 nitrogen and oxygen atoms in total. The van der Waals surface area contributed by atoms with Crippen molar-refractivity contribution in [1.29, 1.82) is 0 Å². The highest BCUT2D eigenvalue weighted by molar-refractivity contribution is 6.25. The van der Waals surface area contributed by atoms with Gasteiger partial charge in [0.1, 0.15) is 0 Å². The molecule has 0 saturated carbocycles. The third kappa shape index (κ3) is 4.01. The van der Waals surface area contributed by atoms with E-state index in [2.05, 4.69) is 4.74 Å². The Labute approximate surface area is 71.2 Å². The third-order valence-corrected chi connectivity index (χ3v) is 1.72. The van der Waals surface area contributed by atoms with Crippen LogP contribution >= 0.6 is 11.6 Å². The number of halogens is 1. The number of hydrogen-bond acceptors (Lipinski definition) is 3. The summed E-state index contributed by atoms with van der Waals surface area (Å²) >= 11 is 5.38. The van der Waals surface area contributed by atoms with Gasteiger partial charge in [0.15, 0.2) is 0 Å². The highest BCUT2D eigenvalue weighted by Crippen LogP contribution is 2.04. The van der Waals surface area contributed by atoms with Crippen LogP contribution in [-0.4, -0.2) is 19.1 Å². The van der Waals surface area contributed by atoms with E-state index in [-0.39, 0.29) is 18.4 Å². The molecule has 2 N–H and O–H groups in total. The molecule has 0 fully saturated rings. The Bertz CT molecular complexity index is 168. The fourth-order valence-corrected chi connectivity index (χ4v) is 0.667. The van der Waals surface area contributed by atoms with E-state index in [4.69, 9.17) is 17.3 Å². The highest BCUT2D eigenvalue weighted by Gasteiger charge is 2.10. The predicted molar refractivity (Wildman–Crippen MR) is 44.2 cm³/mol. The molecule has 0 amide bonds. The van der Waals surface area contributed by atoms with E-state index in [0.29, 0.717) is 0 Å². The minimum absolute atomic E-state index is 0.172. The van der Waals surface area contributed by atoms with Crippen LogP contribution in [-0.2, 0) is 9.53 Å². The first kappa shape index (κ1) is 10.5. The van der Waals surface area contributed by atoms with Crippen molar-refractivity contribution in [2.75, 3.05) is 7.11 Å². The number of ether oxygens (including phenoxy) is 1. The van der Waals surface area contributed by atoms with Gasteiger partial charge in [-0.15, -0.1) is 0 Å². The zero-order chi connectivity index (χ0) is 8.85. The van der Waals surface area contributed by atoms with Crippen LogP contribution in [0.2, 0.25) is 0 Å². The first-order valence-electron chi connectivity index (χ1n) is 3.21. The zero-order valence-corrected chi connectivity index (χ0v) is 7.39. The van der Waals surface area contributed by atoms with Gasteiger partial charge < -0.3 is 10.5 Å². The molecule has 1 atom stereocenters. The summed E-state index contributed by atoms with van der Waals surface area (Å²) in [4.78, 5) is 10.7. The van der Waals surface area contributed by atoms with Gasteiger partial charge in [-0.2, -0.15) is 0 Å². The average Bonchev–Trinajstić information content (AvgIpc) is 2.02. The van der Waals surface area contributed by atoms with Crippen molar-refractivity contribution in [3.63, 3.8) is 0 Å². The number of nitrogens with two attached hydrogens (primary N) is 1. The maximum Gasteiger partial charge on any atom is 0.307 e. The summed E-state index contributed by atoms with van der Waals surface area (Å²) in [5.41, 5.74) is 7.69. The van der Waals surface area contributed by atoms with E-state index >= 15 is 0 Å². The molecule has 0 aromatic carbocycles. The van der Waals surface area contributed by atoms with Crippen molar-refractivity contribution in [1.82, 2.24) is 0 Å². The minimum Gasteiger partial charge on any atom is -0.469 e. The minimum atomic E-state index is -0.333. The van der Waals surface area contributed by atoms with Crippen molar-refractivity contribution in [2.24, 2.45) is 5.73 Å². The molecule has 0 aliphatic heterocycles. The van der Waals surface area contributed by atoms with Crippen LogP contribution in [0.5, 0.6) is 0 Å². The molecule has 0 bridgehead atoms. The normalized spacial score (nSPS) is 14.4. The number of hydrogen-bond donors (Lipinski definition) is 1. The van der Waals surface area contributed by atoms with Crippen molar-refractivity contribution < 1.29 is 9.53 Å². The molecule has 0 aliphatic carbocycles. The van der Waals surface area contributed by atoms with Crippen LogP contribution in [0.25, 0.3) is 0 Å². The fourth-order valence-electron chi connectivity index (χ4n) is 0.505. The predicted octanol–water partition coefficient (Wildman–Crippen LogP) is 1.02. The smallest absolute Gasteiger partial charge is 0.307 e. The van der Waals surface area contributed by atoms with Crippen LogP contribution in [0, 0.1) is 0 Å². The Balaban J connectivity index is 3.87. The van der Waals surface area contributed by atoms with Crippen molar-refractivity contribution >= 4 is 17.6 Å². The van der Waals surface area contributed by atoms with Gasteiger partial charge in [-0.3, -0.25) is 4.79 Å². The van der Waals surface area contributed by atoms with Crippen LogP contribution in [0.3, 0.4) is 0 Å². The highest BCUT2D eigenvalue weighted by atomic mass is 35.5. The van der Waals surface area contributed by atoms with Gasteiger partial charge in [-0.1, -0.05) is 11.6 Å². The molecule has 0 rings (SSSR count). The summed E-state index contributed by atoms with van der Waals surface area (Å²) in [7, 11) is 1.33. The lowest BCUT2D eigenvalue weighted by Gasteiger charge is -2.08. The molecule has 0 aromatic rings. The molecule has 0 aromatic heterocycles. The lowest BCUT2D eigenvalue weighted by molar-refractivity contribution is -0.140. The van der Waals surface area contributed by atoms with Gasteiger partial charge in [0.05, 0.1) is 13.5 Å². The monoisotopic (exact) mass is 177 g/mol. The molecule has 0 unspecified atom stereocenters. The first-order valence-corrected chi connectivity index (χ1v) is 3.64. The molecule has 0 spiro atoms. The Hall–Kier alpha value is -0.540. The topological polar surface area (TPSA) is 52.3 Å². The molecular weight excluding hydrogens is 166 g/mol. The summed E-state index contributed by atoms with van der Waals surface area (Å²) in [5, 5.41) is 0. The molecule has 0 aliphatic rings. The molecule has 0 saturated heterocycles. The van der Waals surface area contributed by atoms with Gasteiger partial charge in [0.25, 0.3) is 0 Å². The molecule has 0 heterocycles. The van der Waals surface area contributed by atoms with Crippen LogP contribution in [0.15, 0.2) is 11.1 Å². The average molecular weight is 178 g/mol. The van der Waals surface area contributed by atoms with Crippen LogP contribution in [0.4, 0.5) is 0 Å². The number of methoxy groups -OCH3 is 1. The standard InChI is InChI=1S/C7H12ClNO2/c1-5(4-8)6(9)3-7(10)11-2/h4,6H,3,9H2,1-2H3/b5-4-/t6-/m1/s1. The van der Waals surface area contributed by atoms with E-state index < -0.39 is 0 Å². The zero-order valence-electron chi connectivity index (χ0n) is 6.63. The number of rotatable bonds is 3. The summed E-state index contributed by atoms with van der Waals surface area (Å²) in [6.45, 7) is 1.76. The number of esters is 1. The number of carbonyl (C=O) groups is 1. The van der Waals surface area contributed by atoms with Crippen LogP contribution in [0.1, 0.15) is 13.3 Å². The Morgan fingerprint density at radius 3 is 2.73 bits per heavy atom. The van der Waals surface area contributed by atoms with Crippen LogP contribution < -0.4 is 5.73 Å². The summed E-state index contributed by atoms with van der Waals surface area (Å²) < 4.78 is 4.43. The second kappa shape index (κ2) is 5.16. The number of carbonyl (C=O) groups excluding carboxylic acids is 1. The van der Waals surface area contributed by atoms with Gasteiger partial charge in [0.2, 0.25) is 0 Å². The first-order chi connectivity index (χ1) is 5.11. The summed E-state index contributed by atoms with van der Waals surface area (Å²) in [5.74, 6) is -0.324. The Morgan fingerprint density at radius 1 is 1.82 bits per heavy atom. The second-order valence-corrected chi connectivity index (χ2v) is 2.46. The molecule has 11 heavy (non-hydrogen) atoms. The van der Waals surface area contributed by atoms with E-state index in [1.54, 1.807) is 6.92 Å². The van der Waals surface area contributed by atoms with E-state index in [0.717, 1.165) is 5.57 Å². The fraction of sp³-hybridized carbons (Fsp3) is 0.571.